The number of carbonyl (C=O) groups is 1. The van der Waals surface area contributed by atoms with Crippen molar-refractivity contribution in [2.75, 3.05) is 7.11 Å². The summed E-state index contributed by atoms with van der Waals surface area (Å²) < 4.78 is 5.15. The molecule has 4 nitrogen and oxygen atoms in total. The molecule has 0 radical (unpaired) electrons. The van der Waals surface area contributed by atoms with E-state index in [1.807, 2.05) is 29.6 Å². The second-order valence-electron chi connectivity index (χ2n) is 5.57. The molecule has 0 unspecified atom stereocenters. The van der Waals surface area contributed by atoms with Crippen LogP contribution in [0.2, 0.25) is 0 Å². The Bertz CT molecular complexity index is 630. The van der Waals surface area contributed by atoms with E-state index < -0.39 is 0 Å². The average molecular weight is 316 g/mol. The second-order valence-corrected chi connectivity index (χ2v) is 6.43. The van der Waals surface area contributed by atoms with Gasteiger partial charge in [0.1, 0.15) is 16.5 Å². The lowest BCUT2D eigenvalue weighted by molar-refractivity contribution is 0.0923. The Morgan fingerprint density at radius 1 is 1.23 bits per heavy atom. The normalized spacial score (nSPS) is 15.5. The zero-order valence-corrected chi connectivity index (χ0v) is 13.5. The van der Waals surface area contributed by atoms with E-state index in [1.54, 1.807) is 7.11 Å². The maximum Gasteiger partial charge on any atom is 0.270 e. The number of aromatic nitrogens is 1. The molecule has 1 amide bonds. The van der Waals surface area contributed by atoms with Gasteiger partial charge in [-0.2, -0.15) is 0 Å². The summed E-state index contributed by atoms with van der Waals surface area (Å²) in [6.45, 7) is 0. The van der Waals surface area contributed by atoms with Gasteiger partial charge in [-0.05, 0) is 37.1 Å². The maximum atomic E-state index is 12.3. The number of rotatable bonds is 4. The van der Waals surface area contributed by atoms with Crippen LogP contribution in [0.5, 0.6) is 5.75 Å². The average Bonchev–Trinajstić information content (AvgIpc) is 3.06. The molecular weight excluding hydrogens is 296 g/mol. The van der Waals surface area contributed by atoms with Crippen LogP contribution in [-0.4, -0.2) is 24.0 Å². The molecule has 0 saturated heterocycles. The van der Waals surface area contributed by atoms with Gasteiger partial charge in [0.15, 0.2) is 0 Å². The van der Waals surface area contributed by atoms with E-state index >= 15 is 0 Å². The standard InChI is InChI=1S/C17H20N2O2S/c1-21-14-9-7-12(8-10-14)17-19-15(11-22-17)16(20)18-13-5-3-2-4-6-13/h7-11,13H,2-6H2,1H3,(H,18,20). The fourth-order valence-electron chi connectivity index (χ4n) is 2.75. The van der Waals surface area contributed by atoms with Crippen molar-refractivity contribution in [3.05, 3.63) is 35.3 Å². The van der Waals surface area contributed by atoms with E-state index in [0.29, 0.717) is 11.7 Å². The highest BCUT2D eigenvalue weighted by molar-refractivity contribution is 7.13. The minimum atomic E-state index is -0.0529. The van der Waals surface area contributed by atoms with E-state index in [0.717, 1.165) is 29.2 Å². The zero-order chi connectivity index (χ0) is 15.4. The van der Waals surface area contributed by atoms with Crippen LogP contribution in [-0.2, 0) is 0 Å². The van der Waals surface area contributed by atoms with Crippen molar-refractivity contribution in [1.29, 1.82) is 0 Å². The summed E-state index contributed by atoms with van der Waals surface area (Å²) in [7, 11) is 1.64. The van der Waals surface area contributed by atoms with Gasteiger partial charge < -0.3 is 10.1 Å². The predicted molar refractivity (Wildman–Crippen MR) is 88.4 cm³/mol. The first-order valence-corrected chi connectivity index (χ1v) is 8.55. The van der Waals surface area contributed by atoms with Crippen LogP contribution in [0.1, 0.15) is 42.6 Å². The number of methoxy groups -OCH3 is 1. The van der Waals surface area contributed by atoms with Crippen LogP contribution in [0.25, 0.3) is 10.6 Å². The number of hydrogen-bond donors (Lipinski definition) is 1. The highest BCUT2D eigenvalue weighted by atomic mass is 32.1. The molecule has 2 aromatic rings. The molecule has 0 spiro atoms. The third kappa shape index (κ3) is 3.47. The summed E-state index contributed by atoms with van der Waals surface area (Å²) in [6.07, 6.45) is 5.87. The summed E-state index contributed by atoms with van der Waals surface area (Å²) in [5.41, 5.74) is 1.52. The monoisotopic (exact) mass is 316 g/mol. The van der Waals surface area contributed by atoms with Crippen molar-refractivity contribution >= 4 is 17.2 Å². The molecule has 0 bridgehead atoms. The van der Waals surface area contributed by atoms with Crippen molar-refractivity contribution in [1.82, 2.24) is 10.3 Å². The van der Waals surface area contributed by atoms with Gasteiger partial charge in [0.2, 0.25) is 0 Å². The minimum Gasteiger partial charge on any atom is -0.497 e. The smallest absolute Gasteiger partial charge is 0.270 e. The van der Waals surface area contributed by atoms with Crippen LogP contribution in [0, 0.1) is 0 Å². The Hall–Kier alpha value is -1.88. The quantitative estimate of drug-likeness (QED) is 0.931. The predicted octanol–water partition coefficient (Wildman–Crippen LogP) is 3.88. The van der Waals surface area contributed by atoms with Crippen molar-refractivity contribution in [2.45, 2.75) is 38.1 Å². The molecule has 1 aliphatic rings. The molecule has 1 fully saturated rings. The molecule has 1 aromatic heterocycles. The first-order chi connectivity index (χ1) is 10.8. The first-order valence-electron chi connectivity index (χ1n) is 7.67. The molecule has 5 heteroatoms. The maximum absolute atomic E-state index is 12.3. The van der Waals surface area contributed by atoms with Gasteiger partial charge in [0.05, 0.1) is 7.11 Å². The molecule has 116 valence electrons. The van der Waals surface area contributed by atoms with Gasteiger partial charge in [-0.1, -0.05) is 19.3 Å². The first kappa shape index (κ1) is 15.0. The number of nitrogens with zero attached hydrogens (tertiary/aromatic N) is 1. The molecule has 0 atom stereocenters. The number of carbonyl (C=O) groups excluding carboxylic acids is 1. The molecule has 22 heavy (non-hydrogen) atoms. The van der Waals surface area contributed by atoms with E-state index in [1.165, 1.54) is 30.6 Å². The van der Waals surface area contributed by atoms with Gasteiger partial charge >= 0.3 is 0 Å². The Balaban J connectivity index is 1.68. The minimum absolute atomic E-state index is 0.0529. The van der Waals surface area contributed by atoms with E-state index in [4.69, 9.17) is 4.74 Å². The largest absolute Gasteiger partial charge is 0.497 e. The number of hydrogen-bond acceptors (Lipinski definition) is 4. The molecule has 1 aliphatic carbocycles. The van der Waals surface area contributed by atoms with Crippen LogP contribution in [0.3, 0.4) is 0 Å². The molecule has 0 aliphatic heterocycles. The van der Waals surface area contributed by atoms with Gasteiger partial charge in [0.25, 0.3) is 5.91 Å². The van der Waals surface area contributed by atoms with Crippen molar-refractivity contribution < 1.29 is 9.53 Å². The Kier molecular flexibility index (Phi) is 4.73. The number of benzene rings is 1. The van der Waals surface area contributed by atoms with Crippen LogP contribution in [0.15, 0.2) is 29.6 Å². The van der Waals surface area contributed by atoms with Gasteiger partial charge in [-0.3, -0.25) is 4.79 Å². The van der Waals surface area contributed by atoms with Crippen LogP contribution < -0.4 is 10.1 Å². The third-order valence-corrected chi connectivity index (χ3v) is 4.91. The van der Waals surface area contributed by atoms with E-state index in [-0.39, 0.29) is 5.91 Å². The number of ether oxygens (including phenoxy) is 1. The van der Waals surface area contributed by atoms with Gasteiger partial charge in [-0.25, -0.2) is 4.98 Å². The lowest BCUT2D eigenvalue weighted by atomic mass is 9.95. The summed E-state index contributed by atoms with van der Waals surface area (Å²) in [4.78, 5) is 16.7. The lowest BCUT2D eigenvalue weighted by Gasteiger charge is -2.22. The molecule has 1 heterocycles. The second kappa shape index (κ2) is 6.92. The van der Waals surface area contributed by atoms with Crippen LogP contribution in [0.4, 0.5) is 0 Å². The molecular formula is C17H20N2O2S. The number of amides is 1. The number of nitrogens with one attached hydrogen (secondary N) is 1. The van der Waals surface area contributed by atoms with Crippen LogP contribution >= 0.6 is 11.3 Å². The van der Waals surface area contributed by atoms with E-state index in [2.05, 4.69) is 10.3 Å². The van der Waals surface area contributed by atoms with Crippen molar-refractivity contribution in [3.63, 3.8) is 0 Å². The lowest BCUT2D eigenvalue weighted by Crippen LogP contribution is -2.36. The molecule has 3 rings (SSSR count). The third-order valence-electron chi connectivity index (χ3n) is 4.01. The van der Waals surface area contributed by atoms with Crippen molar-refractivity contribution in [3.8, 4) is 16.3 Å². The Labute approximate surface area is 134 Å². The molecule has 1 N–H and O–H groups in total. The molecule has 1 saturated carbocycles. The Morgan fingerprint density at radius 2 is 1.95 bits per heavy atom. The number of thiazole rings is 1. The van der Waals surface area contributed by atoms with E-state index in [9.17, 15) is 4.79 Å². The Morgan fingerprint density at radius 3 is 2.64 bits per heavy atom. The fourth-order valence-corrected chi connectivity index (χ4v) is 3.56. The zero-order valence-electron chi connectivity index (χ0n) is 12.7. The summed E-state index contributed by atoms with van der Waals surface area (Å²) in [5, 5.41) is 5.79. The highest BCUT2D eigenvalue weighted by Gasteiger charge is 2.18. The summed E-state index contributed by atoms with van der Waals surface area (Å²) in [5.74, 6) is 0.762. The summed E-state index contributed by atoms with van der Waals surface area (Å²) >= 11 is 1.49. The van der Waals surface area contributed by atoms with Gasteiger partial charge in [-0.15, -0.1) is 11.3 Å². The molecule has 1 aromatic carbocycles. The van der Waals surface area contributed by atoms with Gasteiger partial charge in [0, 0.05) is 17.0 Å². The fraction of sp³-hybridized carbons (Fsp3) is 0.412. The highest BCUT2D eigenvalue weighted by Crippen LogP contribution is 2.26. The topological polar surface area (TPSA) is 51.2 Å². The SMILES string of the molecule is COc1ccc(-c2nc(C(=O)NC3CCCCC3)cs2)cc1. The van der Waals surface area contributed by atoms with Crippen molar-refractivity contribution in [2.24, 2.45) is 0 Å². The summed E-state index contributed by atoms with van der Waals surface area (Å²) in [6, 6.07) is 8.03.